The Bertz CT molecular complexity index is 259. The van der Waals surface area contributed by atoms with Gasteiger partial charge in [0.2, 0.25) is 0 Å². The second-order valence-corrected chi connectivity index (χ2v) is 5.02. The molecule has 0 aliphatic heterocycles. The highest BCUT2D eigenvalue weighted by Gasteiger charge is 2.18. The van der Waals surface area contributed by atoms with Crippen LogP contribution in [0.15, 0.2) is 16.8 Å². The summed E-state index contributed by atoms with van der Waals surface area (Å²) in [4.78, 5) is 2.37. The van der Waals surface area contributed by atoms with Crippen molar-refractivity contribution in [1.82, 2.24) is 4.90 Å². The summed E-state index contributed by atoms with van der Waals surface area (Å²) in [6, 6.07) is 2.68. The average molecular weight is 226 g/mol. The van der Waals surface area contributed by atoms with Gasteiger partial charge >= 0.3 is 0 Å². The molecule has 2 N–H and O–H groups in total. The third-order valence-corrected chi connectivity index (χ3v) is 3.85. The molecule has 2 unspecified atom stereocenters. The molecule has 0 aliphatic carbocycles. The van der Waals surface area contributed by atoms with Gasteiger partial charge in [-0.3, -0.25) is 4.90 Å². The molecule has 0 spiro atoms. The van der Waals surface area contributed by atoms with Gasteiger partial charge in [-0.15, -0.1) is 0 Å². The van der Waals surface area contributed by atoms with Crippen LogP contribution < -0.4 is 5.73 Å². The van der Waals surface area contributed by atoms with Gasteiger partial charge in [-0.05, 0) is 35.4 Å². The van der Waals surface area contributed by atoms with Crippen LogP contribution >= 0.6 is 11.3 Å². The topological polar surface area (TPSA) is 29.3 Å². The Hall–Kier alpha value is -0.380. The van der Waals surface area contributed by atoms with E-state index in [0.717, 1.165) is 13.1 Å². The van der Waals surface area contributed by atoms with E-state index in [1.54, 1.807) is 11.3 Å². The zero-order valence-electron chi connectivity index (χ0n) is 9.94. The van der Waals surface area contributed by atoms with Crippen molar-refractivity contribution in [2.75, 3.05) is 13.6 Å². The number of nitrogens with zero attached hydrogens (tertiary/aromatic N) is 1. The van der Waals surface area contributed by atoms with Gasteiger partial charge in [0.25, 0.3) is 0 Å². The van der Waals surface area contributed by atoms with Crippen molar-refractivity contribution in [3.05, 3.63) is 22.4 Å². The maximum atomic E-state index is 5.84. The minimum absolute atomic E-state index is 0.495. The Morgan fingerprint density at radius 3 is 2.73 bits per heavy atom. The van der Waals surface area contributed by atoms with Gasteiger partial charge in [0.1, 0.15) is 0 Å². The number of rotatable bonds is 6. The standard InChI is InChI=1S/C12H22N2S/c1-4-10(2)12(7-13)14(3)8-11-5-6-15-9-11/h5-6,9-10,12H,4,7-8,13H2,1-3H3. The van der Waals surface area contributed by atoms with E-state index in [0.29, 0.717) is 12.0 Å². The lowest BCUT2D eigenvalue weighted by atomic mass is 9.98. The monoisotopic (exact) mass is 226 g/mol. The largest absolute Gasteiger partial charge is 0.329 e. The summed E-state index contributed by atoms with van der Waals surface area (Å²) in [6.07, 6.45) is 1.19. The zero-order chi connectivity index (χ0) is 11.3. The first-order chi connectivity index (χ1) is 7.19. The van der Waals surface area contributed by atoms with Crippen molar-refractivity contribution in [2.45, 2.75) is 32.9 Å². The van der Waals surface area contributed by atoms with Gasteiger partial charge in [0.05, 0.1) is 0 Å². The van der Waals surface area contributed by atoms with E-state index in [1.165, 1.54) is 12.0 Å². The average Bonchev–Trinajstić information content (AvgIpc) is 2.71. The Balaban J connectivity index is 2.53. The Labute approximate surface area is 97.1 Å². The van der Waals surface area contributed by atoms with E-state index < -0.39 is 0 Å². The highest BCUT2D eigenvalue weighted by Crippen LogP contribution is 2.16. The summed E-state index contributed by atoms with van der Waals surface area (Å²) in [5.74, 6) is 0.665. The SMILES string of the molecule is CCC(C)C(CN)N(C)Cc1ccsc1. The first kappa shape index (κ1) is 12.7. The summed E-state index contributed by atoms with van der Waals surface area (Å²) in [5, 5.41) is 4.34. The second kappa shape index (κ2) is 6.26. The fourth-order valence-corrected chi connectivity index (χ4v) is 2.57. The smallest absolute Gasteiger partial charge is 0.0244 e. The van der Waals surface area contributed by atoms with Crippen LogP contribution in [0, 0.1) is 5.92 Å². The molecular formula is C12H22N2S. The molecule has 3 heteroatoms. The zero-order valence-corrected chi connectivity index (χ0v) is 10.8. The van der Waals surface area contributed by atoms with Crippen molar-refractivity contribution in [3.63, 3.8) is 0 Å². The van der Waals surface area contributed by atoms with Crippen molar-refractivity contribution in [1.29, 1.82) is 0 Å². The third kappa shape index (κ3) is 3.59. The van der Waals surface area contributed by atoms with Gasteiger partial charge in [-0.1, -0.05) is 20.3 Å². The van der Waals surface area contributed by atoms with Crippen LogP contribution in [0.2, 0.25) is 0 Å². The lowest BCUT2D eigenvalue weighted by Gasteiger charge is -2.31. The van der Waals surface area contributed by atoms with Crippen LogP contribution in [0.5, 0.6) is 0 Å². The van der Waals surface area contributed by atoms with Gasteiger partial charge in [-0.25, -0.2) is 0 Å². The molecule has 0 radical (unpaired) electrons. The molecule has 0 saturated heterocycles. The van der Waals surface area contributed by atoms with Gasteiger partial charge in [-0.2, -0.15) is 11.3 Å². The van der Waals surface area contributed by atoms with Crippen molar-refractivity contribution in [3.8, 4) is 0 Å². The molecule has 0 saturated carbocycles. The summed E-state index contributed by atoms with van der Waals surface area (Å²) in [6.45, 7) is 6.26. The lowest BCUT2D eigenvalue weighted by Crippen LogP contribution is -2.41. The molecule has 2 nitrogen and oxygen atoms in total. The van der Waals surface area contributed by atoms with Gasteiger partial charge in [0.15, 0.2) is 0 Å². The maximum Gasteiger partial charge on any atom is 0.0244 e. The number of thiophene rings is 1. The predicted molar refractivity (Wildman–Crippen MR) is 68.1 cm³/mol. The van der Waals surface area contributed by atoms with Crippen molar-refractivity contribution >= 4 is 11.3 Å². The maximum absolute atomic E-state index is 5.84. The summed E-state index contributed by atoms with van der Waals surface area (Å²) < 4.78 is 0. The molecule has 86 valence electrons. The van der Waals surface area contributed by atoms with Crippen LogP contribution in [0.25, 0.3) is 0 Å². The number of nitrogens with two attached hydrogens (primary N) is 1. The highest BCUT2D eigenvalue weighted by molar-refractivity contribution is 7.07. The van der Waals surface area contributed by atoms with E-state index in [-0.39, 0.29) is 0 Å². The normalized spacial score (nSPS) is 15.5. The number of likely N-dealkylation sites (N-methyl/N-ethyl adjacent to an activating group) is 1. The van der Waals surface area contributed by atoms with E-state index in [2.05, 4.69) is 42.6 Å². The molecule has 2 atom stereocenters. The molecule has 0 aromatic carbocycles. The quantitative estimate of drug-likeness (QED) is 0.808. The molecule has 0 aliphatic rings. The Kier molecular flexibility index (Phi) is 5.29. The predicted octanol–water partition coefficient (Wildman–Crippen LogP) is 2.55. The van der Waals surface area contributed by atoms with Crippen molar-refractivity contribution in [2.24, 2.45) is 11.7 Å². The minimum Gasteiger partial charge on any atom is -0.329 e. The fourth-order valence-electron chi connectivity index (χ4n) is 1.91. The summed E-state index contributed by atoms with van der Waals surface area (Å²) >= 11 is 1.76. The van der Waals surface area contributed by atoms with Gasteiger partial charge < -0.3 is 5.73 Å². The molecule has 1 aromatic heterocycles. The molecule has 15 heavy (non-hydrogen) atoms. The lowest BCUT2D eigenvalue weighted by molar-refractivity contribution is 0.178. The van der Waals surface area contributed by atoms with Crippen LogP contribution in [0.3, 0.4) is 0 Å². The summed E-state index contributed by atoms with van der Waals surface area (Å²) in [5.41, 5.74) is 7.23. The van der Waals surface area contributed by atoms with Crippen molar-refractivity contribution < 1.29 is 0 Å². The highest BCUT2D eigenvalue weighted by atomic mass is 32.1. The molecule has 0 fully saturated rings. The van der Waals surface area contributed by atoms with E-state index >= 15 is 0 Å². The van der Waals surface area contributed by atoms with E-state index in [9.17, 15) is 0 Å². The summed E-state index contributed by atoms with van der Waals surface area (Å²) in [7, 11) is 2.17. The fraction of sp³-hybridized carbons (Fsp3) is 0.667. The Morgan fingerprint density at radius 1 is 1.53 bits per heavy atom. The first-order valence-corrected chi connectivity index (χ1v) is 6.54. The van der Waals surface area contributed by atoms with Crippen LogP contribution in [0.4, 0.5) is 0 Å². The van der Waals surface area contributed by atoms with Crippen LogP contribution in [0.1, 0.15) is 25.8 Å². The minimum atomic E-state index is 0.495. The van der Waals surface area contributed by atoms with Crippen LogP contribution in [-0.4, -0.2) is 24.5 Å². The van der Waals surface area contributed by atoms with Crippen LogP contribution in [-0.2, 0) is 6.54 Å². The second-order valence-electron chi connectivity index (χ2n) is 4.24. The van der Waals surface area contributed by atoms with Gasteiger partial charge in [0, 0.05) is 19.1 Å². The number of hydrogen-bond donors (Lipinski definition) is 1. The Morgan fingerprint density at radius 2 is 2.27 bits per heavy atom. The molecular weight excluding hydrogens is 204 g/mol. The van der Waals surface area contributed by atoms with E-state index in [4.69, 9.17) is 5.73 Å². The third-order valence-electron chi connectivity index (χ3n) is 3.12. The molecule has 0 amide bonds. The van der Waals surface area contributed by atoms with E-state index in [1.807, 2.05) is 0 Å². The molecule has 0 bridgehead atoms. The molecule has 1 heterocycles. The number of hydrogen-bond acceptors (Lipinski definition) is 3. The molecule has 1 aromatic rings. The molecule has 1 rings (SSSR count). The first-order valence-electron chi connectivity index (χ1n) is 5.60.